The number of allylic oxidation sites excluding steroid dienone is 1. The number of amides is 1. The number of hydrogen-bond donors (Lipinski definition) is 0. The van der Waals surface area contributed by atoms with Gasteiger partial charge in [-0.1, -0.05) is 5.57 Å². The van der Waals surface area contributed by atoms with Gasteiger partial charge in [-0.25, -0.2) is 4.79 Å². The average molecular weight is 225 g/mol. The lowest BCUT2D eigenvalue weighted by molar-refractivity contribution is -0.153. The molecular formula is C12H19NO3. The van der Waals surface area contributed by atoms with Gasteiger partial charge >= 0.3 is 5.97 Å². The van der Waals surface area contributed by atoms with E-state index in [1.807, 2.05) is 13.8 Å². The van der Waals surface area contributed by atoms with Crippen molar-refractivity contribution >= 4 is 11.9 Å². The van der Waals surface area contributed by atoms with Gasteiger partial charge in [0.15, 0.2) is 0 Å². The molecule has 16 heavy (non-hydrogen) atoms. The smallest absolute Gasteiger partial charge is 0.328 e. The minimum atomic E-state index is -0.401. The Kier molecular flexibility index (Phi) is 4.52. The standard InChI is InChI=1S/C12H19NO3/c1-9(2)8-11(14)13-7-5-4-6-10(13)12(15)16-3/h8,10H,4-7H2,1-3H3/t10-/m1/s1. The minimum absolute atomic E-state index is 0.0879. The molecule has 1 aliphatic rings. The van der Waals surface area contributed by atoms with Crippen LogP contribution in [0.4, 0.5) is 0 Å². The summed E-state index contributed by atoms with van der Waals surface area (Å²) in [6, 6.07) is -0.401. The second kappa shape index (κ2) is 5.68. The van der Waals surface area contributed by atoms with Gasteiger partial charge in [-0.2, -0.15) is 0 Å². The van der Waals surface area contributed by atoms with Gasteiger partial charge in [0.25, 0.3) is 0 Å². The zero-order valence-electron chi connectivity index (χ0n) is 10.2. The number of piperidine rings is 1. The zero-order valence-corrected chi connectivity index (χ0v) is 10.2. The maximum Gasteiger partial charge on any atom is 0.328 e. The highest BCUT2D eigenvalue weighted by Crippen LogP contribution is 2.18. The summed E-state index contributed by atoms with van der Waals surface area (Å²) in [6.07, 6.45) is 4.20. The minimum Gasteiger partial charge on any atom is -0.467 e. The van der Waals surface area contributed by atoms with E-state index in [1.54, 1.807) is 11.0 Å². The Bertz CT molecular complexity index is 305. The summed E-state index contributed by atoms with van der Waals surface area (Å²) in [6.45, 7) is 4.38. The predicted octanol–water partition coefficient (Wildman–Crippen LogP) is 1.51. The van der Waals surface area contributed by atoms with Gasteiger partial charge in [-0.15, -0.1) is 0 Å². The van der Waals surface area contributed by atoms with Crippen molar-refractivity contribution in [1.82, 2.24) is 4.90 Å². The fourth-order valence-electron chi connectivity index (χ4n) is 1.91. The van der Waals surface area contributed by atoms with Crippen LogP contribution >= 0.6 is 0 Å². The highest BCUT2D eigenvalue weighted by atomic mass is 16.5. The van der Waals surface area contributed by atoms with Crippen LogP contribution in [0.5, 0.6) is 0 Å². The molecule has 1 amide bonds. The lowest BCUT2D eigenvalue weighted by Gasteiger charge is -2.33. The van der Waals surface area contributed by atoms with E-state index in [2.05, 4.69) is 0 Å². The van der Waals surface area contributed by atoms with Gasteiger partial charge in [0, 0.05) is 12.6 Å². The molecule has 0 unspecified atom stereocenters. The number of nitrogens with zero attached hydrogens (tertiary/aromatic N) is 1. The van der Waals surface area contributed by atoms with Gasteiger partial charge in [0.2, 0.25) is 5.91 Å². The first-order valence-corrected chi connectivity index (χ1v) is 5.59. The molecule has 90 valence electrons. The Hall–Kier alpha value is -1.32. The molecule has 0 spiro atoms. The molecule has 0 N–H and O–H groups in total. The van der Waals surface area contributed by atoms with Crippen molar-refractivity contribution in [3.63, 3.8) is 0 Å². The molecule has 0 aliphatic carbocycles. The van der Waals surface area contributed by atoms with E-state index in [4.69, 9.17) is 4.74 Å². The fraction of sp³-hybridized carbons (Fsp3) is 0.667. The quantitative estimate of drug-likeness (QED) is 0.528. The maximum atomic E-state index is 11.9. The largest absolute Gasteiger partial charge is 0.467 e. The van der Waals surface area contributed by atoms with Crippen LogP contribution < -0.4 is 0 Å². The first-order valence-electron chi connectivity index (χ1n) is 5.59. The molecule has 1 heterocycles. The van der Waals surface area contributed by atoms with E-state index in [9.17, 15) is 9.59 Å². The Morgan fingerprint density at radius 3 is 2.56 bits per heavy atom. The molecule has 0 aromatic heterocycles. The number of likely N-dealkylation sites (tertiary alicyclic amines) is 1. The van der Waals surface area contributed by atoms with Crippen LogP contribution in [0.15, 0.2) is 11.6 Å². The molecule has 4 nitrogen and oxygen atoms in total. The SMILES string of the molecule is COC(=O)[C@H]1CCCCN1C(=O)C=C(C)C. The van der Waals surface area contributed by atoms with Crippen molar-refractivity contribution in [3.8, 4) is 0 Å². The maximum absolute atomic E-state index is 11.9. The number of methoxy groups -OCH3 is 1. The molecule has 0 radical (unpaired) electrons. The Balaban J connectivity index is 2.78. The summed E-state index contributed by atoms with van der Waals surface area (Å²) in [7, 11) is 1.36. The molecule has 1 fully saturated rings. The lowest BCUT2D eigenvalue weighted by Crippen LogP contribution is -2.47. The summed E-state index contributed by atoms with van der Waals surface area (Å²) < 4.78 is 4.72. The second-order valence-corrected chi connectivity index (χ2v) is 4.29. The van der Waals surface area contributed by atoms with Crippen LogP contribution in [0.25, 0.3) is 0 Å². The zero-order chi connectivity index (χ0) is 12.1. The number of rotatable bonds is 2. The predicted molar refractivity (Wildman–Crippen MR) is 60.8 cm³/mol. The Morgan fingerprint density at radius 1 is 1.31 bits per heavy atom. The molecule has 0 aromatic carbocycles. The highest BCUT2D eigenvalue weighted by molar-refractivity contribution is 5.92. The molecule has 1 aliphatic heterocycles. The molecule has 0 aromatic rings. The van der Waals surface area contributed by atoms with E-state index in [0.717, 1.165) is 18.4 Å². The molecule has 1 atom stereocenters. The van der Waals surface area contributed by atoms with E-state index in [1.165, 1.54) is 7.11 Å². The average Bonchev–Trinajstić information content (AvgIpc) is 2.27. The van der Waals surface area contributed by atoms with E-state index in [-0.39, 0.29) is 11.9 Å². The first-order chi connectivity index (χ1) is 7.56. The third-order valence-electron chi connectivity index (χ3n) is 2.67. The number of ether oxygens (including phenoxy) is 1. The van der Waals surface area contributed by atoms with Crippen molar-refractivity contribution in [2.24, 2.45) is 0 Å². The third kappa shape index (κ3) is 3.08. The number of esters is 1. The normalized spacial score (nSPS) is 20.2. The summed E-state index contributed by atoms with van der Waals surface area (Å²) in [5.74, 6) is -0.398. The van der Waals surface area contributed by atoms with Crippen LogP contribution in [-0.2, 0) is 14.3 Å². The van der Waals surface area contributed by atoms with Crippen molar-refractivity contribution in [3.05, 3.63) is 11.6 Å². The van der Waals surface area contributed by atoms with Crippen molar-refractivity contribution in [2.75, 3.05) is 13.7 Å². The Morgan fingerprint density at radius 2 is 2.00 bits per heavy atom. The number of carbonyl (C=O) groups excluding carboxylic acids is 2. The molecule has 0 bridgehead atoms. The van der Waals surface area contributed by atoms with Gasteiger partial charge in [0.05, 0.1) is 7.11 Å². The molecule has 1 rings (SSSR count). The summed E-state index contributed by atoms with van der Waals surface area (Å²) in [5.41, 5.74) is 0.944. The lowest BCUT2D eigenvalue weighted by atomic mass is 10.0. The Labute approximate surface area is 96.3 Å². The monoisotopic (exact) mass is 225 g/mol. The topological polar surface area (TPSA) is 46.6 Å². The van der Waals surface area contributed by atoms with Crippen LogP contribution in [-0.4, -0.2) is 36.5 Å². The van der Waals surface area contributed by atoms with E-state index in [0.29, 0.717) is 13.0 Å². The van der Waals surface area contributed by atoms with Crippen molar-refractivity contribution in [1.29, 1.82) is 0 Å². The summed E-state index contributed by atoms with van der Waals surface area (Å²) in [4.78, 5) is 25.0. The summed E-state index contributed by atoms with van der Waals surface area (Å²) in [5, 5.41) is 0. The molecule has 1 saturated heterocycles. The summed E-state index contributed by atoms with van der Waals surface area (Å²) >= 11 is 0. The second-order valence-electron chi connectivity index (χ2n) is 4.29. The number of carbonyl (C=O) groups is 2. The molecular weight excluding hydrogens is 206 g/mol. The third-order valence-corrected chi connectivity index (χ3v) is 2.67. The number of hydrogen-bond acceptors (Lipinski definition) is 3. The van der Waals surface area contributed by atoms with Gasteiger partial charge in [0.1, 0.15) is 6.04 Å². The van der Waals surface area contributed by atoms with E-state index >= 15 is 0 Å². The van der Waals surface area contributed by atoms with Crippen molar-refractivity contribution < 1.29 is 14.3 Å². The van der Waals surface area contributed by atoms with Crippen LogP contribution in [0, 0.1) is 0 Å². The molecule has 0 saturated carbocycles. The molecule has 4 heteroatoms. The van der Waals surface area contributed by atoms with Gasteiger partial charge < -0.3 is 9.64 Å². The van der Waals surface area contributed by atoms with Crippen LogP contribution in [0.3, 0.4) is 0 Å². The van der Waals surface area contributed by atoms with Gasteiger partial charge in [-0.3, -0.25) is 4.79 Å². The van der Waals surface area contributed by atoms with Crippen molar-refractivity contribution in [2.45, 2.75) is 39.2 Å². The van der Waals surface area contributed by atoms with Crippen LogP contribution in [0.2, 0.25) is 0 Å². The van der Waals surface area contributed by atoms with Gasteiger partial charge in [-0.05, 0) is 33.1 Å². The van der Waals surface area contributed by atoms with E-state index < -0.39 is 6.04 Å². The van der Waals surface area contributed by atoms with Crippen LogP contribution in [0.1, 0.15) is 33.1 Å². The highest BCUT2D eigenvalue weighted by Gasteiger charge is 2.31. The fourth-order valence-corrected chi connectivity index (χ4v) is 1.91. The first kappa shape index (κ1) is 12.7.